The molecule has 0 aromatic heterocycles. The van der Waals surface area contributed by atoms with Crippen LogP contribution in [-0.4, -0.2) is 39.0 Å². The predicted octanol–water partition coefficient (Wildman–Crippen LogP) is 1.66. The lowest BCUT2D eigenvalue weighted by molar-refractivity contribution is -0.120. The van der Waals surface area contributed by atoms with Gasteiger partial charge in [0.2, 0.25) is 0 Å². The van der Waals surface area contributed by atoms with Crippen molar-refractivity contribution in [1.29, 1.82) is 0 Å². The van der Waals surface area contributed by atoms with Crippen molar-refractivity contribution in [3.05, 3.63) is 23.3 Å². The number of Topliss-reactive ketones (excluding diaryl/α,β-unsaturated/α-hetero) is 2. The summed E-state index contributed by atoms with van der Waals surface area (Å²) in [5.74, 6) is 0.891. The van der Waals surface area contributed by atoms with Gasteiger partial charge >= 0.3 is 0 Å². The first kappa shape index (κ1) is 14.5. The third kappa shape index (κ3) is 2.82. The predicted molar refractivity (Wildman–Crippen MR) is 72.6 cm³/mol. The Labute approximate surface area is 117 Å². The fourth-order valence-electron chi connectivity index (χ4n) is 2.37. The Kier molecular flexibility index (Phi) is 4.39. The summed E-state index contributed by atoms with van der Waals surface area (Å²) in [6, 6.07) is 3.43. The maximum absolute atomic E-state index is 11.8. The second kappa shape index (κ2) is 6.05. The summed E-state index contributed by atoms with van der Waals surface area (Å²) in [6.45, 7) is 2.07. The maximum atomic E-state index is 11.8. The van der Waals surface area contributed by atoms with Crippen LogP contribution >= 0.6 is 0 Å². The zero-order valence-corrected chi connectivity index (χ0v) is 11.9. The van der Waals surface area contributed by atoms with Crippen molar-refractivity contribution in [3.63, 3.8) is 0 Å². The van der Waals surface area contributed by atoms with Crippen molar-refractivity contribution in [3.8, 4) is 11.5 Å². The number of carbonyl (C=O) groups excluding carboxylic acids is 2. The molecule has 0 N–H and O–H groups in total. The van der Waals surface area contributed by atoms with Crippen LogP contribution < -0.4 is 9.47 Å². The number of methoxy groups -OCH3 is 2. The first-order valence-corrected chi connectivity index (χ1v) is 6.43. The summed E-state index contributed by atoms with van der Waals surface area (Å²) in [5, 5.41) is 0. The summed E-state index contributed by atoms with van der Waals surface area (Å²) < 4.78 is 15.6. The van der Waals surface area contributed by atoms with E-state index in [4.69, 9.17) is 14.2 Å². The number of hydrogen-bond acceptors (Lipinski definition) is 5. The topological polar surface area (TPSA) is 61.8 Å². The van der Waals surface area contributed by atoms with Gasteiger partial charge in [-0.25, -0.2) is 0 Å². The number of ether oxygens (including phenoxy) is 3. The summed E-state index contributed by atoms with van der Waals surface area (Å²) in [4.78, 5) is 23.4. The standard InChI is InChI=1S/C15H18O5/c1-9(16)12-6-15(19-3)14(18-2)5-10(12)4-11-7-20-8-13(11)17/h5-6,11H,4,7-8H2,1-3H3. The molecule has 1 aromatic rings. The van der Waals surface area contributed by atoms with E-state index in [2.05, 4.69) is 0 Å². The van der Waals surface area contributed by atoms with Gasteiger partial charge in [-0.1, -0.05) is 0 Å². The molecule has 2 rings (SSSR count). The molecule has 1 unspecified atom stereocenters. The molecule has 5 nitrogen and oxygen atoms in total. The molecule has 0 spiro atoms. The molecular weight excluding hydrogens is 260 g/mol. The molecule has 0 bridgehead atoms. The first-order chi connectivity index (χ1) is 9.56. The SMILES string of the molecule is COc1cc(CC2COCC2=O)c(C(C)=O)cc1OC. The van der Waals surface area contributed by atoms with E-state index in [0.717, 1.165) is 5.56 Å². The van der Waals surface area contributed by atoms with E-state index in [9.17, 15) is 9.59 Å². The number of ketones is 2. The van der Waals surface area contributed by atoms with Gasteiger partial charge in [-0.05, 0) is 31.0 Å². The lowest BCUT2D eigenvalue weighted by Gasteiger charge is -2.15. The van der Waals surface area contributed by atoms with Gasteiger partial charge in [-0.15, -0.1) is 0 Å². The lowest BCUT2D eigenvalue weighted by atomic mass is 9.92. The van der Waals surface area contributed by atoms with Crippen molar-refractivity contribution in [2.75, 3.05) is 27.4 Å². The molecule has 0 radical (unpaired) electrons. The van der Waals surface area contributed by atoms with E-state index in [1.165, 1.54) is 14.0 Å². The zero-order valence-electron chi connectivity index (χ0n) is 11.9. The molecule has 5 heteroatoms. The Bertz CT molecular complexity index is 535. The molecule has 20 heavy (non-hydrogen) atoms. The molecule has 1 aliphatic heterocycles. The first-order valence-electron chi connectivity index (χ1n) is 6.43. The number of carbonyl (C=O) groups is 2. The fourth-order valence-corrected chi connectivity index (χ4v) is 2.37. The van der Waals surface area contributed by atoms with Crippen LogP contribution in [0.3, 0.4) is 0 Å². The molecule has 0 amide bonds. The largest absolute Gasteiger partial charge is 0.493 e. The third-order valence-corrected chi connectivity index (χ3v) is 3.47. The summed E-state index contributed by atoms with van der Waals surface area (Å²) in [5.41, 5.74) is 1.35. The number of hydrogen-bond donors (Lipinski definition) is 0. The molecule has 1 aliphatic rings. The highest BCUT2D eigenvalue weighted by atomic mass is 16.5. The normalized spacial score (nSPS) is 18.1. The summed E-state index contributed by atoms with van der Waals surface area (Å²) in [7, 11) is 3.06. The number of rotatable bonds is 5. The molecule has 108 valence electrons. The van der Waals surface area contributed by atoms with Crippen molar-refractivity contribution >= 4 is 11.6 Å². The van der Waals surface area contributed by atoms with Crippen LogP contribution in [0.25, 0.3) is 0 Å². The summed E-state index contributed by atoms with van der Waals surface area (Å²) >= 11 is 0. The minimum atomic E-state index is -0.189. The second-order valence-corrected chi connectivity index (χ2v) is 4.80. The van der Waals surface area contributed by atoms with E-state index in [1.54, 1.807) is 19.2 Å². The van der Waals surface area contributed by atoms with Gasteiger partial charge in [0.1, 0.15) is 6.61 Å². The minimum Gasteiger partial charge on any atom is -0.493 e. The zero-order chi connectivity index (χ0) is 14.7. The lowest BCUT2D eigenvalue weighted by Crippen LogP contribution is -2.16. The van der Waals surface area contributed by atoms with Crippen LogP contribution in [0.5, 0.6) is 11.5 Å². The van der Waals surface area contributed by atoms with E-state index in [-0.39, 0.29) is 24.1 Å². The van der Waals surface area contributed by atoms with Gasteiger partial charge in [0, 0.05) is 11.5 Å². The van der Waals surface area contributed by atoms with Crippen LogP contribution in [0.15, 0.2) is 12.1 Å². The van der Waals surface area contributed by atoms with Gasteiger partial charge in [0.05, 0.1) is 20.8 Å². The van der Waals surface area contributed by atoms with Gasteiger partial charge in [-0.2, -0.15) is 0 Å². The highest BCUT2D eigenvalue weighted by Crippen LogP contribution is 2.32. The molecule has 0 aliphatic carbocycles. The fraction of sp³-hybridized carbons (Fsp3) is 0.467. The quantitative estimate of drug-likeness (QED) is 0.767. The van der Waals surface area contributed by atoms with Gasteiger partial charge in [-0.3, -0.25) is 9.59 Å². The Morgan fingerprint density at radius 1 is 1.30 bits per heavy atom. The summed E-state index contributed by atoms with van der Waals surface area (Å²) in [6.07, 6.45) is 0.480. The van der Waals surface area contributed by atoms with Crippen molar-refractivity contribution in [2.24, 2.45) is 5.92 Å². The van der Waals surface area contributed by atoms with Crippen LogP contribution in [0.4, 0.5) is 0 Å². The van der Waals surface area contributed by atoms with Crippen LogP contribution in [0, 0.1) is 5.92 Å². The van der Waals surface area contributed by atoms with Crippen LogP contribution in [0.1, 0.15) is 22.8 Å². The second-order valence-electron chi connectivity index (χ2n) is 4.80. The molecule has 0 saturated carbocycles. The highest BCUT2D eigenvalue weighted by Gasteiger charge is 2.27. The van der Waals surface area contributed by atoms with Crippen molar-refractivity contribution < 1.29 is 23.8 Å². The van der Waals surface area contributed by atoms with Crippen LogP contribution in [0.2, 0.25) is 0 Å². The van der Waals surface area contributed by atoms with Crippen molar-refractivity contribution in [2.45, 2.75) is 13.3 Å². The van der Waals surface area contributed by atoms with Gasteiger partial charge in [0.15, 0.2) is 23.1 Å². The average Bonchev–Trinajstić information content (AvgIpc) is 2.83. The Balaban J connectivity index is 2.38. The smallest absolute Gasteiger partial charge is 0.164 e. The Morgan fingerprint density at radius 3 is 2.45 bits per heavy atom. The van der Waals surface area contributed by atoms with Gasteiger partial charge in [0.25, 0.3) is 0 Å². The monoisotopic (exact) mass is 278 g/mol. The Hall–Kier alpha value is -1.88. The van der Waals surface area contributed by atoms with E-state index >= 15 is 0 Å². The van der Waals surface area contributed by atoms with E-state index < -0.39 is 0 Å². The average molecular weight is 278 g/mol. The van der Waals surface area contributed by atoms with Crippen molar-refractivity contribution in [1.82, 2.24) is 0 Å². The Morgan fingerprint density at radius 2 is 1.95 bits per heavy atom. The van der Waals surface area contributed by atoms with E-state index in [1.807, 2.05) is 0 Å². The molecule has 1 saturated heterocycles. The molecular formula is C15H18O5. The molecule has 1 heterocycles. The molecule has 1 atom stereocenters. The molecule has 1 fully saturated rings. The van der Waals surface area contributed by atoms with Crippen LogP contribution in [-0.2, 0) is 16.0 Å². The number of benzene rings is 1. The third-order valence-electron chi connectivity index (χ3n) is 3.47. The van der Waals surface area contributed by atoms with Gasteiger partial charge < -0.3 is 14.2 Å². The molecule has 1 aromatic carbocycles. The van der Waals surface area contributed by atoms with E-state index in [0.29, 0.717) is 30.1 Å². The minimum absolute atomic E-state index is 0.0627. The highest BCUT2D eigenvalue weighted by molar-refractivity contribution is 5.96. The maximum Gasteiger partial charge on any atom is 0.164 e.